The maximum absolute atomic E-state index is 6.63. The lowest BCUT2D eigenvalue weighted by molar-refractivity contribution is 0.673. The van der Waals surface area contributed by atoms with Gasteiger partial charge in [-0.1, -0.05) is 182 Å². The number of nitrogens with zero attached hydrogens (tertiary/aromatic N) is 1. The fourth-order valence-electron chi connectivity index (χ4n) is 10.7. The Morgan fingerprint density at radius 3 is 1.75 bits per heavy atom. The molecule has 0 amide bonds. The van der Waals surface area contributed by atoms with Crippen molar-refractivity contribution in [3.8, 4) is 11.1 Å². The van der Waals surface area contributed by atoms with Crippen LogP contribution in [0.2, 0.25) is 0 Å². The van der Waals surface area contributed by atoms with E-state index in [0.717, 1.165) is 49.8 Å². The Morgan fingerprint density at radius 1 is 0.344 bits per heavy atom. The summed E-state index contributed by atoms with van der Waals surface area (Å²) in [5.41, 5.74) is 12.3. The fourth-order valence-corrected chi connectivity index (χ4v) is 10.7. The second kappa shape index (κ2) is 13.0. The van der Waals surface area contributed by atoms with Gasteiger partial charge in [-0.15, -0.1) is 0 Å². The molecule has 11 aromatic carbocycles. The predicted molar refractivity (Wildman–Crippen MR) is 256 cm³/mol. The molecule has 61 heavy (non-hydrogen) atoms. The number of para-hydroxylation sites is 1. The van der Waals surface area contributed by atoms with Crippen LogP contribution >= 0.6 is 0 Å². The number of rotatable bonds is 5. The monoisotopic (exact) mass is 775 g/mol. The molecular weight excluding hydrogens is 739 g/mol. The second-order valence-corrected chi connectivity index (χ2v) is 16.4. The first-order valence-corrected chi connectivity index (χ1v) is 21.1. The van der Waals surface area contributed by atoms with E-state index in [0.29, 0.717) is 0 Å². The number of hydrogen-bond acceptors (Lipinski definition) is 2. The zero-order valence-electron chi connectivity index (χ0n) is 33.2. The van der Waals surface area contributed by atoms with Gasteiger partial charge in [0.05, 0.1) is 11.1 Å². The first kappa shape index (κ1) is 34.0. The third kappa shape index (κ3) is 4.85. The van der Waals surface area contributed by atoms with Gasteiger partial charge in [-0.2, -0.15) is 0 Å². The number of hydrogen-bond donors (Lipinski definition) is 0. The lowest BCUT2D eigenvalue weighted by atomic mass is 9.67. The molecule has 0 fully saturated rings. The van der Waals surface area contributed by atoms with Crippen molar-refractivity contribution in [1.82, 2.24) is 0 Å². The molecule has 0 N–H and O–H groups in total. The van der Waals surface area contributed by atoms with Gasteiger partial charge in [0.1, 0.15) is 11.2 Å². The molecule has 0 aliphatic heterocycles. The maximum Gasteiger partial charge on any atom is 0.143 e. The molecular formula is C59H37NO. The van der Waals surface area contributed by atoms with Gasteiger partial charge < -0.3 is 9.32 Å². The van der Waals surface area contributed by atoms with Crippen molar-refractivity contribution in [1.29, 1.82) is 0 Å². The van der Waals surface area contributed by atoms with E-state index in [4.69, 9.17) is 4.42 Å². The molecule has 1 heterocycles. The van der Waals surface area contributed by atoms with Crippen molar-refractivity contribution in [3.63, 3.8) is 0 Å². The quantitative estimate of drug-likeness (QED) is 0.162. The van der Waals surface area contributed by atoms with Crippen LogP contribution in [0.25, 0.3) is 76.2 Å². The normalized spacial score (nSPS) is 13.0. The Balaban J connectivity index is 1.10. The highest BCUT2D eigenvalue weighted by Gasteiger charge is 2.46. The minimum Gasteiger partial charge on any atom is -0.455 e. The van der Waals surface area contributed by atoms with Crippen LogP contribution in [0, 0.1) is 0 Å². The van der Waals surface area contributed by atoms with Crippen molar-refractivity contribution in [2.24, 2.45) is 0 Å². The maximum atomic E-state index is 6.63. The Hall–Kier alpha value is -7.94. The molecule has 0 atom stereocenters. The SMILES string of the molecule is c1ccc(C2(c3cccc(N(c4ccc5c(ccc6ccc7c8ccccc8oc7c65)c4)c4cc5ccccc5c5ccccc45)c3)c3ccccc3-c3ccccc32)cc1. The molecule has 0 saturated heterocycles. The smallest absolute Gasteiger partial charge is 0.143 e. The third-order valence-electron chi connectivity index (χ3n) is 13.3. The molecule has 0 bridgehead atoms. The van der Waals surface area contributed by atoms with E-state index in [9.17, 15) is 0 Å². The Labute approximate surface area is 353 Å². The molecule has 13 rings (SSSR count). The van der Waals surface area contributed by atoms with Crippen LogP contribution in [0.5, 0.6) is 0 Å². The number of fused-ring (bicyclic) bond motifs is 13. The predicted octanol–water partition coefficient (Wildman–Crippen LogP) is 16.0. The molecule has 0 radical (unpaired) electrons. The van der Waals surface area contributed by atoms with Crippen LogP contribution in [0.15, 0.2) is 229 Å². The van der Waals surface area contributed by atoms with Crippen LogP contribution in [-0.2, 0) is 5.41 Å². The summed E-state index contributed by atoms with van der Waals surface area (Å²) in [6.45, 7) is 0. The number of benzene rings is 11. The number of furan rings is 1. The van der Waals surface area contributed by atoms with Gasteiger partial charge in [0, 0.05) is 32.9 Å². The molecule has 1 aliphatic carbocycles. The average Bonchev–Trinajstić information content (AvgIpc) is 3.86. The first-order valence-electron chi connectivity index (χ1n) is 21.1. The largest absolute Gasteiger partial charge is 0.455 e. The minimum absolute atomic E-state index is 0.526. The lowest BCUT2D eigenvalue weighted by Gasteiger charge is -2.35. The van der Waals surface area contributed by atoms with Crippen molar-refractivity contribution < 1.29 is 4.42 Å². The summed E-state index contributed by atoms with van der Waals surface area (Å²) in [5.74, 6) is 0. The van der Waals surface area contributed by atoms with E-state index in [1.54, 1.807) is 0 Å². The van der Waals surface area contributed by atoms with Crippen LogP contribution in [0.4, 0.5) is 17.1 Å². The van der Waals surface area contributed by atoms with Crippen LogP contribution in [0.1, 0.15) is 22.3 Å². The molecule has 0 saturated carbocycles. The Kier molecular flexibility index (Phi) is 7.26. The summed E-state index contributed by atoms with van der Waals surface area (Å²) in [6.07, 6.45) is 0. The second-order valence-electron chi connectivity index (χ2n) is 16.4. The van der Waals surface area contributed by atoms with E-state index in [1.807, 2.05) is 6.07 Å². The van der Waals surface area contributed by atoms with Gasteiger partial charge in [0.15, 0.2) is 0 Å². The van der Waals surface area contributed by atoms with E-state index in [2.05, 4.69) is 223 Å². The molecule has 12 aromatic rings. The molecule has 1 aromatic heterocycles. The van der Waals surface area contributed by atoms with E-state index < -0.39 is 5.41 Å². The van der Waals surface area contributed by atoms with Crippen LogP contribution in [0.3, 0.4) is 0 Å². The lowest BCUT2D eigenvalue weighted by Crippen LogP contribution is -2.28. The van der Waals surface area contributed by atoms with Gasteiger partial charge in [-0.25, -0.2) is 0 Å². The van der Waals surface area contributed by atoms with Crippen molar-refractivity contribution in [2.75, 3.05) is 4.90 Å². The standard InChI is InChI=1S/C59H37NO/c1-2-16-41(17-3-1)59(53-26-11-8-22-48(53)49-23-9-12-27-54(49)59)42-18-14-19-43(37-42)60(55-36-39-15-4-5-20-45(39)47-21-6-7-24-50(47)55)44-32-34-46-40(35-44)30-29-38-31-33-52-51-25-10-13-28-56(51)61-58(52)57(38)46/h1-37H. The first-order chi connectivity index (χ1) is 30.3. The molecule has 2 heteroatoms. The van der Waals surface area contributed by atoms with Gasteiger partial charge >= 0.3 is 0 Å². The van der Waals surface area contributed by atoms with Gasteiger partial charge in [0.25, 0.3) is 0 Å². The number of anilines is 3. The van der Waals surface area contributed by atoms with Crippen molar-refractivity contribution in [2.45, 2.75) is 5.41 Å². The summed E-state index contributed by atoms with van der Waals surface area (Å²) in [4.78, 5) is 2.48. The molecule has 1 aliphatic rings. The molecule has 0 spiro atoms. The third-order valence-corrected chi connectivity index (χ3v) is 13.3. The van der Waals surface area contributed by atoms with Gasteiger partial charge in [0.2, 0.25) is 0 Å². The topological polar surface area (TPSA) is 16.4 Å². The minimum atomic E-state index is -0.526. The molecule has 284 valence electrons. The Bertz CT molecular complexity index is 3680. The van der Waals surface area contributed by atoms with Crippen molar-refractivity contribution >= 4 is 82.1 Å². The summed E-state index contributed by atoms with van der Waals surface area (Å²) in [7, 11) is 0. The fraction of sp³-hybridized carbons (Fsp3) is 0.0169. The van der Waals surface area contributed by atoms with Crippen molar-refractivity contribution in [3.05, 3.63) is 247 Å². The summed E-state index contributed by atoms with van der Waals surface area (Å²) < 4.78 is 6.63. The van der Waals surface area contributed by atoms with Gasteiger partial charge in [-0.3, -0.25) is 0 Å². The van der Waals surface area contributed by atoms with Crippen LogP contribution < -0.4 is 4.90 Å². The highest BCUT2D eigenvalue weighted by molar-refractivity contribution is 6.23. The average molecular weight is 776 g/mol. The highest BCUT2D eigenvalue weighted by Crippen LogP contribution is 2.57. The zero-order chi connectivity index (χ0) is 40.1. The zero-order valence-corrected chi connectivity index (χ0v) is 33.2. The van der Waals surface area contributed by atoms with E-state index >= 15 is 0 Å². The summed E-state index contributed by atoms with van der Waals surface area (Å²) in [6, 6.07) is 82.6. The van der Waals surface area contributed by atoms with Gasteiger partial charge in [-0.05, 0) is 108 Å². The Morgan fingerprint density at radius 2 is 0.934 bits per heavy atom. The molecule has 0 unspecified atom stereocenters. The highest BCUT2D eigenvalue weighted by atomic mass is 16.3. The molecule has 2 nitrogen and oxygen atoms in total. The summed E-state index contributed by atoms with van der Waals surface area (Å²) in [5, 5.41) is 11.8. The summed E-state index contributed by atoms with van der Waals surface area (Å²) >= 11 is 0. The van der Waals surface area contributed by atoms with E-state index in [1.165, 1.54) is 65.7 Å². The van der Waals surface area contributed by atoms with Crippen LogP contribution in [-0.4, -0.2) is 0 Å². The van der Waals surface area contributed by atoms with E-state index in [-0.39, 0.29) is 0 Å².